The number of hydrogen-bond acceptors (Lipinski definition) is 5. The quantitative estimate of drug-likeness (QED) is 0.434. The molecule has 2 heterocycles. The van der Waals surface area contributed by atoms with Crippen molar-refractivity contribution in [3.8, 4) is 11.3 Å². The van der Waals surface area contributed by atoms with Crippen molar-refractivity contribution in [1.82, 2.24) is 9.97 Å². The van der Waals surface area contributed by atoms with E-state index < -0.39 is 0 Å². The second-order valence-electron chi connectivity index (χ2n) is 4.53. The van der Waals surface area contributed by atoms with Crippen LogP contribution in [-0.2, 0) is 0 Å². The largest absolute Gasteiger partial charge is 0.455 e. The average Bonchev–Trinajstić information content (AvgIpc) is 3.05. The highest BCUT2D eigenvalue weighted by Gasteiger charge is 2.03. The third-order valence-corrected chi connectivity index (χ3v) is 3.46. The number of rotatable bonds is 4. The molecular formula is C16H12BrN5O. The number of benzene rings is 1. The molecule has 0 unspecified atom stereocenters. The Bertz CT molecular complexity index is 840. The van der Waals surface area contributed by atoms with Crippen LogP contribution in [0.5, 0.6) is 0 Å². The van der Waals surface area contributed by atoms with Crippen molar-refractivity contribution in [1.29, 1.82) is 0 Å². The van der Waals surface area contributed by atoms with Crippen LogP contribution in [0.4, 0.5) is 0 Å². The van der Waals surface area contributed by atoms with Crippen molar-refractivity contribution in [3.63, 3.8) is 0 Å². The SMILES string of the molecule is NC(=NN=Cc1ccc(-c2ccc(Br)cc2)o1)c1cnccn1. The summed E-state index contributed by atoms with van der Waals surface area (Å²) in [6.45, 7) is 0. The summed E-state index contributed by atoms with van der Waals surface area (Å²) >= 11 is 3.40. The highest BCUT2D eigenvalue weighted by atomic mass is 79.9. The van der Waals surface area contributed by atoms with Gasteiger partial charge >= 0.3 is 0 Å². The van der Waals surface area contributed by atoms with Crippen LogP contribution in [0.3, 0.4) is 0 Å². The third kappa shape index (κ3) is 3.89. The molecule has 0 amide bonds. The van der Waals surface area contributed by atoms with E-state index in [9.17, 15) is 0 Å². The maximum absolute atomic E-state index is 5.77. The van der Waals surface area contributed by atoms with Crippen molar-refractivity contribution < 1.29 is 4.42 Å². The molecule has 3 rings (SSSR count). The van der Waals surface area contributed by atoms with E-state index in [1.165, 1.54) is 12.4 Å². The van der Waals surface area contributed by atoms with Gasteiger partial charge in [-0.15, -0.1) is 5.10 Å². The molecule has 0 radical (unpaired) electrons. The van der Waals surface area contributed by atoms with Gasteiger partial charge in [0.1, 0.15) is 17.2 Å². The zero-order valence-corrected chi connectivity index (χ0v) is 13.5. The molecule has 7 heteroatoms. The topological polar surface area (TPSA) is 89.7 Å². The molecule has 6 nitrogen and oxygen atoms in total. The highest BCUT2D eigenvalue weighted by Crippen LogP contribution is 2.23. The van der Waals surface area contributed by atoms with E-state index in [0.717, 1.165) is 15.8 Å². The number of nitrogens with two attached hydrogens (primary N) is 1. The van der Waals surface area contributed by atoms with Crippen LogP contribution < -0.4 is 5.73 Å². The Balaban J connectivity index is 1.73. The number of furan rings is 1. The summed E-state index contributed by atoms with van der Waals surface area (Å²) in [5.41, 5.74) is 7.22. The second-order valence-corrected chi connectivity index (χ2v) is 5.45. The lowest BCUT2D eigenvalue weighted by molar-refractivity contribution is 0.575. The van der Waals surface area contributed by atoms with Gasteiger partial charge in [-0.25, -0.2) is 4.98 Å². The summed E-state index contributed by atoms with van der Waals surface area (Å²) in [7, 11) is 0. The first-order valence-corrected chi connectivity index (χ1v) is 7.50. The zero-order valence-electron chi connectivity index (χ0n) is 11.9. The minimum absolute atomic E-state index is 0.189. The van der Waals surface area contributed by atoms with Gasteiger partial charge in [0.25, 0.3) is 0 Å². The molecular weight excluding hydrogens is 358 g/mol. The van der Waals surface area contributed by atoms with Crippen molar-refractivity contribution >= 4 is 28.0 Å². The Labute approximate surface area is 140 Å². The Morgan fingerprint density at radius 1 is 1.13 bits per heavy atom. The third-order valence-electron chi connectivity index (χ3n) is 2.93. The molecule has 114 valence electrons. The van der Waals surface area contributed by atoms with E-state index in [2.05, 4.69) is 36.1 Å². The number of nitrogens with zero attached hydrogens (tertiary/aromatic N) is 4. The summed E-state index contributed by atoms with van der Waals surface area (Å²) in [5, 5.41) is 7.79. The molecule has 0 aliphatic rings. The van der Waals surface area contributed by atoms with Crippen LogP contribution in [0.25, 0.3) is 11.3 Å². The van der Waals surface area contributed by atoms with Crippen LogP contribution in [0.2, 0.25) is 0 Å². The molecule has 3 aromatic rings. The molecule has 0 saturated heterocycles. The minimum Gasteiger partial charge on any atom is -0.455 e. The fourth-order valence-corrected chi connectivity index (χ4v) is 2.09. The van der Waals surface area contributed by atoms with Crippen LogP contribution in [0.15, 0.2) is 74.1 Å². The van der Waals surface area contributed by atoms with Gasteiger partial charge in [-0.05, 0) is 24.3 Å². The molecule has 0 spiro atoms. The molecule has 1 aromatic carbocycles. The predicted octanol–water partition coefficient (Wildman–Crippen LogP) is 3.24. The fraction of sp³-hybridized carbons (Fsp3) is 0. The lowest BCUT2D eigenvalue weighted by Gasteiger charge is -1.96. The molecule has 2 aromatic heterocycles. The van der Waals surface area contributed by atoms with Gasteiger partial charge in [0, 0.05) is 22.4 Å². The van der Waals surface area contributed by atoms with Gasteiger partial charge in [-0.1, -0.05) is 28.1 Å². The lowest BCUT2D eigenvalue weighted by Crippen LogP contribution is -2.14. The van der Waals surface area contributed by atoms with Gasteiger partial charge in [-0.3, -0.25) is 4.98 Å². The van der Waals surface area contributed by atoms with Crippen molar-refractivity contribution in [2.24, 2.45) is 15.9 Å². The lowest BCUT2D eigenvalue weighted by atomic mass is 10.2. The summed E-state index contributed by atoms with van der Waals surface area (Å²) in [4.78, 5) is 7.95. The summed E-state index contributed by atoms with van der Waals surface area (Å²) in [5.74, 6) is 1.53. The molecule has 2 N–H and O–H groups in total. The van der Waals surface area contributed by atoms with E-state index in [1.807, 2.05) is 36.4 Å². The smallest absolute Gasteiger partial charge is 0.173 e. The van der Waals surface area contributed by atoms with Gasteiger partial charge in [0.05, 0.1) is 12.4 Å². The first-order chi connectivity index (χ1) is 11.2. The van der Waals surface area contributed by atoms with Crippen molar-refractivity contribution in [2.45, 2.75) is 0 Å². The minimum atomic E-state index is 0.189. The molecule has 0 aliphatic heterocycles. The Morgan fingerprint density at radius 2 is 1.96 bits per heavy atom. The van der Waals surface area contributed by atoms with Crippen LogP contribution in [0, 0.1) is 0 Å². The van der Waals surface area contributed by atoms with Gasteiger partial charge in [0.15, 0.2) is 5.84 Å². The maximum atomic E-state index is 5.77. The molecule has 23 heavy (non-hydrogen) atoms. The number of halogens is 1. The summed E-state index contributed by atoms with van der Waals surface area (Å²) in [6.07, 6.45) is 6.11. The van der Waals surface area contributed by atoms with Gasteiger partial charge < -0.3 is 10.2 Å². The molecule has 0 atom stereocenters. The number of hydrogen-bond donors (Lipinski definition) is 1. The van der Waals surface area contributed by atoms with E-state index in [-0.39, 0.29) is 5.84 Å². The van der Waals surface area contributed by atoms with Crippen molar-refractivity contribution in [2.75, 3.05) is 0 Å². The Hall–Kier alpha value is -2.80. The first kappa shape index (κ1) is 15.1. The maximum Gasteiger partial charge on any atom is 0.173 e. The summed E-state index contributed by atoms with van der Waals surface area (Å²) in [6, 6.07) is 11.5. The highest BCUT2D eigenvalue weighted by molar-refractivity contribution is 9.10. The van der Waals surface area contributed by atoms with E-state index in [1.54, 1.807) is 12.4 Å². The van der Waals surface area contributed by atoms with Crippen LogP contribution >= 0.6 is 15.9 Å². The monoisotopic (exact) mass is 369 g/mol. The van der Waals surface area contributed by atoms with E-state index >= 15 is 0 Å². The van der Waals surface area contributed by atoms with Crippen molar-refractivity contribution in [3.05, 3.63) is 70.9 Å². The van der Waals surface area contributed by atoms with Gasteiger partial charge in [-0.2, -0.15) is 5.10 Å². The molecule has 0 saturated carbocycles. The predicted molar refractivity (Wildman–Crippen MR) is 92.2 cm³/mol. The summed E-state index contributed by atoms with van der Waals surface area (Å²) < 4.78 is 6.71. The van der Waals surface area contributed by atoms with Crippen LogP contribution in [-0.4, -0.2) is 22.0 Å². The number of amidine groups is 1. The van der Waals surface area contributed by atoms with Gasteiger partial charge in [0.2, 0.25) is 0 Å². The second kappa shape index (κ2) is 6.97. The molecule has 0 bridgehead atoms. The molecule has 0 fully saturated rings. The van der Waals surface area contributed by atoms with Crippen LogP contribution in [0.1, 0.15) is 11.5 Å². The normalized spacial score (nSPS) is 12.0. The fourth-order valence-electron chi connectivity index (χ4n) is 1.82. The average molecular weight is 370 g/mol. The standard InChI is InChI=1S/C16H12BrN5O/c17-12-3-1-11(2-4-12)15-6-5-13(23-15)9-21-22-16(18)14-10-19-7-8-20-14/h1-10H,(H2,18,22). The van der Waals surface area contributed by atoms with E-state index in [0.29, 0.717) is 11.5 Å². The number of aromatic nitrogens is 2. The Kier molecular flexibility index (Phi) is 4.58. The molecule has 0 aliphatic carbocycles. The Morgan fingerprint density at radius 3 is 2.70 bits per heavy atom. The first-order valence-electron chi connectivity index (χ1n) is 6.71. The zero-order chi connectivity index (χ0) is 16.1. The van der Waals surface area contributed by atoms with E-state index in [4.69, 9.17) is 10.2 Å².